The van der Waals surface area contributed by atoms with Crippen molar-refractivity contribution in [2.24, 2.45) is 5.73 Å². The Morgan fingerprint density at radius 3 is 2.62 bits per heavy atom. The molecule has 0 aromatic rings. The summed E-state index contributed by atoms with van der Waals surface area (Å²) in [6.07, 6.45) is -0.857. The molecular formula is C4H8BrNO2. The third kappa shape index (κ3) is 3.92. The number of carbonyl (C=O) groups excluding carboxylic acids is 1. The molecule has 3 nitrogen and oxygen atoms in total. The zero-order chi connectivity index (χ0) is 6.57. The third-order valence-electron chi connectivity index (χ3n) is 0.535. The first-order valence-corrected chi connectivity index (χ1v) is 3.31. The van der Waals surface area contributed by atoms with Crippen LogP contribution < -0.4 is 5.73 Å². The largest absolute Gasteiger partial charge is 0.446 e. The van der Waals surface area contributed by atoms with Gasteiger partial charge in [-0.25, -0.2) is 4.79 Å². The Morgan fingerprint density at radius 1 is 2.00 bits per heavy atom. The van der Waals surface area contributed by atoms with Crippen LogP contribution in [0, 0.1) is 0 Å². The monoisotopic (exact) mass is 181 g/mol. The average molecular weight is 182 g/mol. The summed E-state index contributed by atoms with van der Waals surface area (Å²) in [5.41, 5.74) is 4.69. The Bertz CT molecular complexity index is 86.1. The van der Waals surface area contributed by atoms with Gasteiger partial charge in [-0.05, 0) is 6.92 Å². The fourth-order valence-corrected chi connectivity index (χ4v) is 0.362. The van der Waals surface area contributed by atoms with Gasteiger partial charge in [0.2, 0.25) is 0 Å². The van der Waals surface area contributed by atoms with Crippen LogP contribution in [0.15, 0.2) is 0 Å². The summed E-state index contributed by atoms with van der Waals surface area (Å²) < 4.78 is 4.49. The lowest BCUT2D eigenvalue weighted by molar-refractivity contribution is 0.128. The first-order chi connectivity index (χ1) is 3.66. The van der Waals surface area contributed by atoms with Gasteiger partial charge in [-0.2, -0.15) is 0 Å². The van der Waals surface area contributed by atoms with Crippen LogP contribution in [0.4, 0.5) is 4.79 Å². The minimum atomic E-state index is -0.725. The van der Waals surface area contributed by atoms with Gasteiger partial charge in [-0.15, -0.1) is 0 Å². The highest BCUT2D eigenvalue weighted by Gasteiger charge is 2.00. The van der Waals surface area contributed by atoms with Crippen LogP contribution in [0.5, 0.6) is 0 Å². The molecular weight excluding hydrogens is 174 g/mol. The van der Waals surface area contributed by atoms with E-state index >= 15 is 0 Å². The first-order valence-electron chi connectivity index (χ1n) is 2.19. The molecule has 8 heavy (non-hydrogen) atoms. The highest BCUT2D eigenvalue weighted by Crippen LogP contribution is 1.93. The van der Waals surface area contributed by atoms with Crippen molar-refractivity contribution in [3.8, 4) is 0 Å². The van der Waals surface area contributed by atoms with E-state index in [0.717, 1.165) is 0 Å². The number of ether oxygens (including phenoxy) is 1. The number of hydrogen-bond donors (Lipinski definition) is 1. The third-order valence-corrected chi connectivity index (χ3v) is 1.45. The average Bonchev–Trinajstić information content (AvgIpc) is 1.65. The lowest BCUT2D eigenvalue weighted by atomic mass is 10.5. The zero-order valence-corrected chi connectivity index (χ0v) is 6.14. The molecule has 48 valence electrons. The normalized spacial score (nSPS) is 12.8. The van der Waals surface area contributed by atoms with E-state index in [1.165, 1.54) is 0 Å². The molecule has 0 aromatic carbocycles. The van der Waals surface area contributed by atoms with Crippen LogP contribution in [0.25, 0.3) is 0 Å². The lowest BCUT2D eigenvalue weighted by Crippen LogP contribution is -2.20. The van der Waals surface area contributed by atoms with Crippen molar-refractivity contribution in [2.75, 3.05) is 5.33 Å². The maximum atomic E-state index is 9.95. The fraction of sp³-hybridized carbons (Fsp3) is 0.750. The predicted molar refractivity (Wildman–Crippen MR) is 33.9 cm³/mol. The molecule has 1 unspecified atom stereocenters. The lowest BCUT2D eigenvalue weighted by Gasteiger charge is -2.05. The number of halogens is 1. The number of nitrogens with two attached hydrogens (primary N) is 1. The molecule has 0 aliphatic rings. The summed E-state index contributed by atoms with van der Waals surface area (Å²) in [5, 5.41) is 0.621. The van der Waals surface area contributed by atoms with Gasteiger partial charge in [-0.1, -0.05) is 15.9 Å². The van der Waals surface area contributed by atoms with Crippen LogP contribution in [0.3, 0.4) is 0 Å². The van der Waals surface area contributed by atoms with Crippen molar-refractivity contribution < 1.29 is 9.53 Å². The number of alkyl halides is 1. The molecule has 0 bridgehead atoms. The molecule has 2 N–H and O–H groups in total. The molecule has 0 fully saturated rings. The maximum absolute atomic E-state index is 9.95. The number of carbonyl (C=O) groups is 1. The van der Waals surface area contributed by atoms with Crippen LogP contribution in [0.1, 0.15) is 6.92 Å². The van der Waals surface area contributed by atoms with Crippen molar-refractivity contribution >= 4 is 22.0 Å². The highest BCUT2D eigenvalue weighted by atomic mass is 79.9. The van der Waals surface area contributed by atoms with E-state index in [4.69, 9.17) is 0 Å². The van der Waals surface area contributed by atoms with E-state index in [0.29, 0.717) is 5.33 Å². The van der Waals surface area contributed by atoms with Gasteiger partial charge in [0, 0.05) is 5.33 Å². The van der Waals surface area contributed by atoms with E-state index in [1.54, 1.807) is 6.92 Å². The summed E-state index contributed by atoms with van der Waals surface area (Å²) in [5.74, 6) is 0. The van der Waals surface area contributed by atoms with Gasteiger partial charge < -0.3 is 10.5 Å². The minimum Gasteiger partial charge on any atom is -0.446 e. The molecule has 1 amide bonds. The molecule has 0 spiro atoms. The second kappa shape index (κ2) is 3.72. The smallest absolute Gasteiger partial charge is 0.404 e. The van der Waals surface area contributed by atoms with Crippen molar-refractivity contribution in [1.29, 1.82) is 0 Å². The predicted octanol–water partition coefficient (Wildman–Crippen LogP) is 0.865. The van der Waals surface area contributed by atoms with Crippen LogP contribution in [-0.4, -0.2) is 17.5 Å². The van der Waals surface area contributed by atoms with E-state index in [1.807, 2.05) is 0 Å². The summed E-state index contributed by atoms with van der Waals surface area (Å²) in [6.45, 7) is 1.75. The molecule has 0 aliphatic heterocycles. The number of amides is 1. The van der Waals surface area contributed by atoms with Crippen molar-refractivity contribution in [1.82, 2.24) is 0 Å². The number of hydrogen-bond acceptors (Lipinski definition) is 2. The van der Waals surface area contributed by atoms with Crippen LogP contribution >= 0.6 is 15.9 Å². The van der Waals surface area contributed by atoms with Crippen molar-refractivity contribution in [2.45, 2.75) is 13.0 Å². The molecule has 4 heteroatoms. The molecule has 1 atom stereocenters. The number of rotatable bonds is 2. The molecule has 0 radical (unpaired) electrons. The van der Waals surface area contributed by atoms with Crippen molar-refractivity contribution in [3.63, 3.8) is 0 Å². The van der Waals surface area contributed by atoms with Crippen LogP contribution in [0.2, 0.25) is 0 Å². The highest BCUT2D eigenvalue weighted by molar-refractivity contribution is 9.09. The van der Waals surface area contributed by atoms with Gasteiger partial charge in [0.05, 0.1) is 0 Å². The molecule has 0 saturated heterocycles. The standard InChI is InChI=1S/C4H8BrNO2/c1-3(2-5)8-4(6)7/h3H,2H2,1H3,(H2,6,7). The van der Waals surface area contributed by atoms with E-state index in [9.17, 15) is 4.79 Å². The van der Waals surface area contributed by atoms with Crippen molar-refractivity contribution in [3.05, 3.63) is 0 Å². The van der Waals surface area contributed by atoms with Gasteiger partial charge in [0.25, 0.3) is 0 Å². The molecule has 0 rings (SSSR count). The Kier molecular flexibility index (Phi) is 3.60. The topological polar surface area (TPSA) is 52.3 Å². The Hall–Kier alpha value is -0.250. The Balaban J connectivity index is 3.24. The number of primary amides is 1. The second-order valence-electron chi connectivity index (χ2n) is 1.40. The second-order valence-corrected chi connectivity index (χ2v) is 2.05. The van der Waals surface area contributed by atoms with Gasteiger partial charge >= 0.3 is 6.09 Å². The van der Waals surface area contributed by atoms with Crippen LogP contribution in [-0.2, 0) is 4.74 Å². The molecule has 0 aromatic heterocycles. The first kappa shape index (κ1) is 7.75. The van der Waals surface area contributed by atoms with E-state index in [-0.39, 0.29) is 6.10 Å². The van der Waals surface area contributed by atoms with Gasteiger partial charge in [-0.3, -0.25) is 0 Å². The molecule has 0 saturated carbocycles. The van der Waals surface area contributed by atoms with E-state index < -0.39 is 6.09 Å². The Labute approximate surface area is 56.3 Å². The minimum absolute atomic E-state index is 0.132. The molecule has 0 aliphatic carbocycles. The quantitative estimate of drug-likeness (QED) is 0.644. The summed E-state index contributed by atoms with van der Waals surface area (Å²) in [6, 6.07) is 0. The summed E-state index contributed by atoms with van der Waals surface area (Å²) in [4.78, 5) is 9.95. The summed E-state index contributed by atoms with van der Waals surface area (Å²) >= 11 is 3.11. The Morgan fingerprint density at radius 2 is 2.50 bits per heavy atom. The summed E-state index contributed by atoms with van der Waals surface area (Å²) in [7, 11) is 0. The maximum Gasteiger partial charge on any atom is 0.404 e. The van der Waals surface area contributed by atoms with E-state index in [2.05, 4.69) is 26.4 Å². The fourth-order valence-electron chi connectivity index (χ4n) is 0.230. The van der Waals surface area contributed by atoms with Gasteiger partial charge in [0.15, 0.2) is 0 Å². The SMILES string of the molecule is CC(CBr)OC(N)=O. The van der Waals surface area contributed by atoms with Gasteiger partial charge in [0.1, 0.15) is 6.10 Å². The molecule has 0 heterocycles. The zero-order valence-electron chi connectivity index (χ0n) is 4.56.